The molecule has 1 N–H and O–H groups in total. The van der Waals surface area contributed by atoms with E-state index in [9.17, 15) is 0 Å². The lowest BCUT2D eigenvalue weighted by molar-refractivity contribution is 1.42. The summed E-state index contributed by atoms with van der Waals surface area (Å²) < 4.78 is 0. The molecule has 0 aliphatic heterocycles. The van der Waals surface area contributed by atoms with Crippen molar-refractivity contribution >= 4 is 5.69 Å². The van der Waals surface area contributed by atoms with E-state index < -0.39 is 0 Å². The first-order chi connectivity index (χ1) is 7.33. The highest BCUT2D eigenvalue weighted by atomic mass is 14.8. The number of anilines is 1. The van der Waals surface area contributed by atoms with Crippen LogP contribution in [0.15, 0.2) is 48.5 Å². The maximum absolute atomic E-state index is 3.23. The molecule has 0 aliphatic carbocycles. The van der Waals surface area contributed by atoms with Crippen LogP contribution in [0.1, 0.15) is 5.56 Å². The van der Waals surface area contributed by atoms with Crippen molar-refractivity contribution in [3.8, 4) is 11.1 Å². The van der Waals surface area contributed by atoms with Crippen LogP contribution in [-0.4, -0.2) is 7.05 Å². The molecule has 0 atom stereocenters. The van der Waals surface area contributed by atoms with Gasteiger partial charge in [0.1, 0.15) is 0 Å². The van der Waals surface area contributed by atoms with E-state index in [1.807, 2.05) is 13.1 Å². The number of hydrogen-bond donors (Lipinski definition) is 1. The number of hydrogen-bond acceptors (Lipinski definition) is 1. The SMILES string of the molecule is CNc1cccc(C)c1-c1ccccc1. The summed E-state index contributed by atoms with van der Waals surface area (Å²) in [7, 11) is 1.96. The smallest absolute Gasteiger partial charge is 0.0419 e. The molecule has 0 bridgehead atoms. The second kappa shape index (κ2) is 4.18. The third-order valence-corrected chi connectivity index (χ3v) is 2.60. The molecule has 0 heterocycles. The van der Waals surface area contributed by atoms with Crippen molar-refractivity contribution in [2.45, 2.75) is 6.92 Å². The molecular formula is C14H15N. The Morgan fingerprint density at radius 3 is 2.27 bits per heavy atom. The van der Waals surface area contributed by atoms with Gasteiger partial charge in [-0.25, -0.2) is 0 Å². The molecule has 76 valence electrons. The summed E-state index contributed by atoms with van der Waals surface area (Å²) in [5, 5.41) is 3.23. The average molecular weight is 197 g/mol. The van der Waals surface area contributed by atoms with Gasteiger partial charge in [0.05, 0.1) is 0 Å². The maximum Gasteiger partial charge on any atom is 0.0419 e. The molecule has 2 aromatic carbocycles. The highest BCUT2D eigenvalue weighted by Gasteiger charge is 2.05. The van der Waals surface area contributed by atoms with Gasteiger partial charge in [0, 0.05) is 18.3 Å². The quantitative estimate of drug-likeness (QED) is 0.774. The van der Waals surface area contributed by atoms with Crippen molar-refractivity contribution in [2.24, 2.45) is 0 Å². The molecular weight excluding hydrogens is 182 g/mol. The van der Waals surface area contributed by atoms with E-state index in [0.717, 1.165) is 0 Å². The van der Waals surface area contributed by atoms with Crippen molar-refractivity contribution in [3.05, 3.63) is 54.1 Å². The van der Waals surface area contributed by atoms with Gasteiger partial charge in [-0.15, -0.1) is 0 Å². The van der Waals surface area contributed by atoms with E-state index in [4.69, 9.17) is 0 Å². The van der Waals surface area contributed by atoms with Gasteiger partial charge in [0.25, 0.3) is 0 Å². The van der Waals surface area contributed by atoms with Crippen LogP contribution in [0.5, 0.6) is 0 Å². The Kier molecular flexibility index (Phi) is 2.72. The van der Waals surface area contributed by atoms with E-state index in [0.29, 0.717) is 0 Å². The molecule has 0 spiro atoms. The van der Waals surface area contributed by atoms with Gasteiger partial charge in [-0.1, -0.05) is 42.5 Å². The van der Waals surface area contributed by atoms with E-state index in [1.165, 1.54) is 22.4 Å². The standard InChI is InChI=1S/C14H15N/c1-11-7-6-10-13(15-2)14(11)12-8-4-3-5-9-12/h3-10,15H,1-2H3. The summed E-state index contributed by atoms with van der Waals surface area (Å²) in [5.41, 5.74) is 5.04. The van der Waals surface area contributed by atoms with Gasteiger partial charge < -0.3 is 5.32 Å². The Morgan fingerprint density at radius 2 is 1.60 bits per heavy atom. The second-order valence-corrected chi connectivity index (χ2v) is 3.61. The number of nitrogens with one attached hydrogen (secondary N) is 1. The Bertz CT molecular complexity index is 446. The Balaban J connectivity index is 2.61. The highest BCUT2D eigenvalue weighted by Crippen LogP contribution is 2.30. The maximum atomic E-state index is 3.23. The fourth-order valence-electron chi connectivity index (χ4n) is 1.86. The highest BCUT2D eigenvalue weighted by molar-refractivity contribution is 5.80. The summed E-state index contributed by atoms with van der Waals surface area (Å²) in [6.45, 7) is 2.14. The summed E-state index contributed by atoms with van der Waals surface area (Å²) in [5.74, 6) is 0. The first kappa shape index (κ1) is 9.78. The van der Waals surface area contributed by atoms with Crippen molar-refractivity contribution in [3.63, 3.8) is 0 Å². The molecule has 0 fully saturated rings. The predicted octanol–water partition coefficient (Wildman–Crippen LogP) is 3.70. The van der Waals surface area contributed by atoms with Crippen LogP contribution in [0.3, 0.4) is 0 Å². The third-order valence-electron chi connectivity index (χ3n) is 2.60. The largest absolute Gasteiger partial charge is 0.388 e. The third kappa shape index (κ3) is 1.86. The second-order valence-electron chi connectivity index (χ2n) is 3.61. The van der Waals surface area contributed by atoms with Crippen molar-refractivity contribution in [2.75, 3.05) is 12.4 Å². The van der Waals surface area contributed by atoms with E-state index >= 15 is 0 Å². The zero-order chi connectivity index (χ0) is 10.7. The molecule has 2 rings (SSSR count). The summed E-state index contributed by atoms with van der Waals surface area (Å²) in [6, 6.07) is 16.8. The minimum atomic E-state index is 1.18. The van der Waals surface area contributed by atoms with Gasteiger partial charge in [-0.05, 0) is 24.1 Å². The van der Waals surface area contributed by atoms with E-state index in [-0.39, 0.29) is 0 Å². The summed E-state index contributed by atoms with van der Waals surface area (Å²) >= 11 is 0. The number of rotatable bonds is 2. The van der Waals surface area contributed by atoms with E-state index in [2.05, 4.69) is 54.7 Å². The van der Waals surface area contributed by atoms with Crippen molar-refractivity contribution < 1.29 is 0 Å². The molecule has 0 saturated carbocycles. The first-order valence-electron chi connectivity index (χ1n) is 5.15. The normalized spacial score (nSPS) is 10.0. The topological polar surface area (TPSA) is 12.0 Å². The van der Waals surface area contributed by atoms with Crippen LogP contribution in [0.2, 0.25) is 0 Å². The average Bonchev–Trinajstić information content (AvgIpc) is 2.29. The van der Waals surface area contributed by atoms with E-state index in [1.54, 1.807) is 0 Å². The molecule has 2 aromatic rings. The van der Waals surface area contributed by atoms with Crippen LogP contribution in [-0.2, 0) is 0 Å². The Hall–Kier alpha value is -1.76. The summed E-state index contributed by atoms with van der Waals surface area (Å²) in [4.78, 5) is 0. The molecule has 1 nitrogen and oxygen atoms in total. The lowest BCUT2D eigenvalue weighted by Crippen LogP contribution is -1.93. The van der Waals surface area contributed by atoms with Crippen LogP contribution in [0, 0.1) is 6.92 Å². The Morgan fingerprint density at radius 1 is 0.867 bits per heavy atom. The molecule has 1 heteroatoms. The number of aryl methyl sites for hydroxylation is 1. The molecule has 0 aromatic heterocycles. The molecule has 0 saturated heterocycles. The lowest BCUT2D eigenvalue weighted by atomic mass is 9.99. The molecule has 0 amide bonds. The monoisotopic (exact) mass is 197 g/mol. The van der Waals surface area contributed by atoms with Crippen LogP contribution in [0.25, 0.3) is 11.1 Å². The zero-order valence-corrected chi connectivity index (χ0v) is 9.12. The molecule has 15 heavy (non-hydrogen) atoms. The van der Waals surface area contributed by atoms with Gasteiger partial charge >= 0.3 is 0 Å². The zero-order valence-electron chi connectivity index (χ0n) is 9.12. The molecule has 0 unspecified atom stereocenters. The molecule has 0 radical (unpaired) electrons. The van der Waals surface area contributed by atoms with Gasteiger partial charge in [0.2, 0.25) is 0 Å². The Labute approximate surface area is 90.8 Å². The van der Waals surface area contributed by atoms with Crippen LogP contribution < -0.4 is 5.32 Å². The lowest BCUT2D eigenvalue weighted by Gasteiger charge is -2.12. The minimum absolute atomic E-state index is 1.18. The first-order valence-corrected chi connectivity index (χ1v) is 5.15. The van der Waals surface area contributed by atoms with Crippen molar-refractivity contribution in [1.82, 2.24) is 0 Å². The minimum Gasteiger partial charge on any atom is -0.388 e. The number of benzene rings is 2. The van der Waals surface area contributed by atoms with Crippen LogP contribution >= 0.6 is 0 Å². The fraction of sp³-hybridized carbons (Fsp3) is 0.143. The summed E-state index contributed by atoms with van der Waals surface area (Å²) in [6.07, 6.45) is 0. The van der Waals surface area contributed by atoms with Gasteiger partial charge in [0.15, 0.2) is 0 Å². The fourth-order valence-corrected chi connectivity index (χ4v) is 1.86. The van der Waals surface area contributed by atoms with Crippen molar-refractivity contribution in [1.29, 1.82) is 0 Å². The van der Waals surface area contributed by atoms with Crippen LogP contribution in [0.4, 0.5) is 5.69 Å². The van der Waals surface area contributed by atoms with Gasteiger partial charge in [-0.2, -0.15) is 0 Å². The predicted molar refractivity (Wildman–Crippen MR) is 66.2 cm³/mol. The molecule has 0 aliphatic rings. The van der Waals surface area contributed by atoms with Gasteiger partial charge in [-0.3, -0.25) is 0 Å².